The van der Waals surface area contributed by atoms with Crippen LogP contribution in [-0.4, -0.2) is 62.2 Å². The fourth-order valence-corrected chi connectivity index (χ4v) is 3.83. The van der Waals surface area contributed by atoms with Gasteiger partial charge in [0.15, 0.2) is 5.96 Å². The van der Waals surface area contributed by atoms with E-state index in [2.05, 4.69) is 22.5 Å². The van der Waals surface area contributed by atoms with E-state index >= 15 is 0 Å². The van der Waals surface area contributed by atoms with E-state index in [4.69, 9.17) is 9.73 Å². The molecular weight excluding hydrogens is 280 g/mol. The molecule has 3 saturated heterocycles. The van der Waals surface area contributed by atoms with Crippen LogP contribution in [0.15, 0.2) is 4.99 Å². The minimum absolute atomic E-state index is 0.107. The van der Waals surface area contributed by atoms with Crippen LogP contribution >= 0.6 is 0 Å². The Morgan fingerprint density at radius 1 is 1.55 bits per heavy atom. The highest BCUT2D eigenvalue weighted by Gasteiger charge is 2.42. The monoisotopic (exact) mass is 308 g/mol. The van der Waals surface area contributed by atoms with Crippen LogP contribution in [0.2, 0.25) is 0 Å². The molecule has 1 spiro atoms. The van der Waals surface area contributed by atoms with Crippen LogP contribution < -0.4 is 10.6 Å². The van der Waals surface area contributed by atoms with Crippen LogP contribution in [0.4, 0.5) is 0 Å². The number of rotatable bonds is 3. The van der Waals surface area contributed by atoms with Gasteiger partial charge in [-0.1, -0.05) is 0 Å². The first-order valence-electron chi connectivity index (χ1n) is 8.62. The quantitative estimate of drug-likeness (QED) is 0.596. The van der Waals surface area contributed by atoms with E-state index in [9.17, 15) is 4.79 Å². The van der Waals surface area contributed by atoms with Crippen molar-refractivity contribution in [2.24, 2.45) is 10.4 Å². The van der Waals surface area contributed by atoms with Gasteiger partial charge in [0.25, 0.3) is 0 Å². The summed E-state index contributed by atoms with van der Waals surface area (Å²) in [6.45, 7) is 7.33. The molecule has 0 aromatic carbocycles. The molecule has 3 aliphatic heterocycles. The van der Waals surface area contributed by atoms with Crippen molar-refractivity contribution < 1.29 is 9.53 Å². The first-order chi connectivity index (χ1) is 10.7. The molecule has 3 heterocycles. The lowest BCUT2D eigenvalue weighted by molar-refractivity contribution is -0.119. The van der Waals surface area contributed by atoms with E-state index in [-0.39, 0.29) is 17.4 Å². The third-order valence-electron chi connectivity index (χ3n) is 4.96. The fraction of sp³-hybridized carbons (Fsp3) is 0.875. The third kappa shape index (κ3) is 3.54. The van der Waals surface area contributed by atoms with Crippen LogP contribution in [0.1, 0.15) is 39.0 Å². The molecule has 3 aliphatic rings. The molecule has 2 unspecified atom stereocenters. The van der Waals surface area contributed by atoms with Gasteiger partial charge in [-0.2, -0.15) is 0 Å². The van der Waals surface area contributed by atoms with Crippen molar-refractivity contribution in [2.75, 3.05) is 39.3 Å². The summed E-state index contributed by atoms with van der Waals surface area (Å²) in [5, 5.41) is 6.41. The number of amides is 1. The lowest BCUT2D eigenvalue weighted by Crippen LogP contribution is -2.51. The molecule has 0 aliphatic carbocycles. The normalized spacial score (nSPS) is 32.6. The Morgan fingerprint density at radius 3 is 3.14 bits per heavy atom. The number of ether oxygens (including phenoxy) is 1. The van der Waals surface area contributed by atoms with Gasteiger partial charge in [-0.05, 0) is 32.6 Å². The van der Waals surface area contributed by atoms with E-state index in [1.54, 1.807) is 0 Å². The maximum Gasteiger partial charge on any atom is 0.220 e. The second-order valence-electron chi connectivity index (χ2n) is 6.81. The summed E-state index contributed by atoms with van der Waals surface area (Å²) in [6.07, 6.45) is 5.46. The molecule has 6 nitrogen and oxygen atoms in total. The number of carbonyl (C=O) groups is 1. The molecule has 0 saturated carbocycles. The van der Waals surface area contributed by atoms with Crippen molar-refractivity contribution >= 4 is 11.9 Å². The minimum atomic E-state index is 0.107. The second kappa shape index (κ2) is 6.86. The van der Waals surface area contributed by atoms with E-state index in [0.717, 1.165) is 71.0 Å². The number of aliphatic imine (C=N–C) groups is 1. The molecule has 0 aromatic heterocycles. The van der Waals surface area contributed by atoms with Crippen LogP contribution in [-0.2, 0) is 9.53 Å². The Kier molecular flexibility index (Phi) is 4.86. The van der Waals surface area contributed by atoms with Gasteiger partial charge in [-0.15, -0.1) is 0 Å². The summed E-state index contributed by atoms with van der Waals surface area (Å²) in [6, 6.07) is 0. The predicted octanol–water partition coefficient (Wildman–Crippen LogP) is 0.733. The van der Waals surface area contributed by atoms with Gasteiger partial charge in [0.1, 0.15) is 0 Å². The molecule has 2 N–H and O–H groups in total. The zero-order valence-electron chi connectivity index (χ0n) is 13.6. The predicted molar refractivity (Wildman–Crippen MR) is 85.8 cm³/mol. The number of piperidine rings is 1. The highest BCUT2D eigenvalue weighted by molar-refractivity contribution is 5.81. The average molecular weight is 308 g/mol. The van der Waals surface area contributed by atoms with Crippen LogP contribution in [0.5, 0.6) is 0 Å². The lowest BCUT2D eigenvalue weighted by Gasteiger charge is -2.40. The number of likely N-dealkylation sites (tertiary alicyclic amines) is 1. The summed E-state index contributed by atoms with van der Waals surface area (Å²) in [5.74, 6) is 1.18. The second-order valence-corrected chi connectivity index (χ2v) is 6.81. The average Bonchev–Trinajstić information content (AvgIpc) is 3.14. The molecule has 6 heteroatoms. The highest BCUT2D eigenvalue weighted by Crippen LogP contribution is 2.36. The first-order valence-corrected chi connectivity index (χ1v) is 8.62. The standard InChI is InChI=1S/C16H28N4O2/c1-2-17-15(18-10-13-5-3-8-22-13)20-7-4-6-16(12-20)9-14(21)19-11-16/h13H,2-12H2,1H3,(H,17,18)(H,19,21). The van der Waals surface area contributed by atoms with Gasteiger partial charge < -0.3 is 20.3 Å². The van der Waals surface area contributed by atoms with Gasteiger partial charge in [0, 0.05) is 44.6 Å². The molecule has 124 valence electrons. The first kappa shape index (κ1) is 15.6. The van der Waals surface area contributed by atoms with Gasteiger partial charge in [-0.3, -0.25) is 9.79 Å². The SMILES string of the molecule is CCNC(=NCC1CCCO1)N1CCCC2(CNC(=O)C2)C1. The van der Waals surface area contributed by atoms with Gasteiger partial charge in [-0.25, -0.2) is 0 Å². The smallest absolute Gasteiger partial charge is 0.220 e. The molecule has 0 bridgehead atoms. The minimum Gasteiger partial charge on any atom is -0.376 e. The summed E-state index contributed by atoms with van der Waals surface area (Å²) in [5.41, 5.74) is 0.107. The van der Waals surface area contributed by atoms with Gasteiger partial charge in [0.05, 0.1) is 12.6 Å². The number of nitrogens with zero attached hydrogens (tertiary/aromatic N) is 2. The molecule has 2 atom stereocenters. The van der Waals surface area contributed by atoms with E-state index in [0.29, 0.717) is 6.42 Å². The molecular formula is C16H28N4O2. The van der Waals surface area contributed by atoms with Crippen molar-refractivity contribution in [3.8, 4) is 0 Å². The number of guanidine groups is 1. The Balaban J connectivity index is 1.64. The van der Waals surface area contributed by atoms with Crippen molar-refractivity contribution in [3.63, 3.8) is 0 Å². The summed E-state index contributed by atoms with van der Waals surface area (Å²) >= 11 is 0. The van der Waals surface area contributed by atoms with Crippen molar-refractivity contribution in [2.45, 2.75) is 45.1 Å². The Morgan fingerprint density at radius 2 is 2.45 bits per heavy atom. The van der Waals surface area contributed by atoms with Gasteiger partial charge in [0.2, 0.25) is 5.91 Å². The Bertz CT molecular complexity index is 434. The highest BCUT2D eigenvalue weighted by atomic mass is 16.5. The van der Waals surface area contributed by atoms with Gasteiger partial charge >= 0.3 is 0 Å². The largest absolute Gasteiger partial charge is 0.376 e. The van der Waals surface area contributed by atoms with E-state index < -0.39 is 0 Å². The van der Waals surface area contributed by atoms with E-state index in [1.807, 2.05) is 0 Å². The van der Waals surface area contributed by atoms with Crippen molar-refractivity contribution in [1.82, 2.24) is 15.5 Å². The molecule has 3 rings (SSSR count). The maximum absolute atomic E-state index is 11.6. The zero-order valence-corrected chi connectivity index (χ0v) is 13.6. The van der Waals surface area contributed by atoms with E-state index in [1.165, 1.54) is 0 Å². The maximum atomic E-state index is 11.6. The topological polar surface area (TPSA) is 66.0 Å². The lowest BCUT2D eigenvalue weighted by atomic mass is 9.79. The van der Waals surface area contributed by atoms with Crippen molar-refractivity contribution in [1.29, 1.82) is 0 Å². The molecule has 3 fully saturated rings. The molecule has 1 amide bonds. The fourth-order valence-electron chi connectivity index (χ4n) is 3.83. The zero-order chi connectivity index (χ0) is 15.4. The molecule has 0 radical (unpaired) electrons. The Labute approximate surface area is 132 Å². The molecule has 0 aromatic rings. The van der Waals surface area contributed by atoms with Crippen molar-refractivity contribution in [3.05, 3.63) is 0 Å². The third-order valence-corrected chi connectivity index (χ3v) is 4.96. The summed E-state index contributed by atoms with van der Waals surface area (Å²) in [4.78, 5) is 18.8. The number of carbonyl (C=O) groups excluding carboxylic acids is 1. The summed E-state index contributed by atoms with van der Waals surface area (Å²) < 4.78 is 5.67. The number of hydrogen-bond donors (Lipinski definition) is 2. The number of hydrogen-bond acceptors (Lipinski definition) is 3. The van der Waals surface area contributed by atoms with Crippen LogP contribution in [0, 0.1) is 5.41 Å². The molecule has 22 heavy (non-hydrogen) atoms. The summed E-state index contributed by atoms with van der Waals surface area (Å²) in [7, 11) is 0. The number of nitrogens with one attached hydrogen (secondary N) is 2. The van der Waals surface area contributed by atoms with Crippen LogP contribution in [0.25, 0.3) is 0 Å². The Hall–Kier alpha value is -1.30. The van der Waals surface area contributed by atoms with Crippen LogP contribution in [0.3, 0.4) is 0 Å².